The highest BCUT2D eigenvalue weighted by Gasteiger charge is 2.18. The zero-order valence-corrected chi connectivity index (χ0v) is 15.7. The summed E-state index contributed by atoms with van der Waals surface area (Å²) in [5.41, 5.74) is 4.05. The molecule has 0 saturated heterocycles. The van der Waals surface area contributed by atoms with Crippen LogP contribution in [0.2, 0.25) is 5.02 Å². The van der Waals surface area contributed by atoms with Crippen molar-refractivity contribution in [2.24, 2.45) is 7.05 Å². The summed E-state index contributed by atoms with van der Waals surface area (Å²) in [7, 11) is 1.77. The summed E-state index contributed by atoms with van der Waals surface area (Å²) in [6.45, 7) is 5.85. The van der Waals surface area contributed by atoms with Crippen LogP contribution in [0.1, 0.15) is 33.0 Å². The van der Waals surface area contributed by atoms with Crippen LogP contribution in [0.3, 0.4) is 0 Å². The van der Waals surface area contributed by atoms with E-state index in [9.17, 15) is 9.18 Å². The predicted octanol–water partition coefficient (Wildman–Crippen LogP) is 3.63. The first-order valence-corrected chi connectivity index (χ1v) is 8.43. The zero-order chi connectivity index (χ0) is 19.0. The summed E-state index contributed by atoms with van der Waals surface area (Å²) in [6.07, 6.45) is 1.68. The molecule has 0 aliphatic rings. The number of rotatable bonds is 4. The molecule has 0 atom stereocenters. The fourth-order valence-corrected chi connectivity index (χ4v) is 3.07. The Kier molecular flexibility index (Phi) is 4.82. The van der Waals surface area contributed by atoms with Crippen LogP contribution in [0.25, 0.3) is 0 Å². The normalized spacial score (nSPS) is 11.0. The largest absolute Gasteiger partial charge is 0.319 e. The van der Waals surface area contributed by atoms with Crippen molar-refractivity contribution in [1.82, 2.24) is 19.6 Å². The maximum atomic E-state index is 13.2. The molecule has 0 spiro atoms. The Morgan fingerprint density at radius 3 is 2.58 bits per heavy atom. The maximum Gasteiger partial charge on any atom is 0.259 e. The van der Waals surface area contributed by atoms with Crippen LogP contribution in [0.15, 0.2) is 24.4 Å². The van der Waals surface area contributed by atoms with Gasteiger partial charge in [0, 0.05) is 18.3 Å². The molecule has 8 heteroatoms. The third-order valence-electron chi connectivity index (χ3n) is 4.21. The third-order valence-corrected chi connectivity index (χ3v) is 4.57. The molecule has 0 radical (unpaired) electrons. The lowest BCUT2D eigenvalue weighted by Gasteiger charge is -2.08. The number of nitrogens with zero attached hydrogens (tertiary/aromatic N) is 4. The van der Waals surface area contributed by atoms with Gasteiger partial charge in [-0.25, -0.2) is 4.39 Å². The SMILES string of the molecule is Cc1nn(C)cc1C(=O)Nc1c(C)nn(Cc2ccc(F)cc2Cl)c1C. The van der Waals surface area contributed by atoms with Crippen molar-refractivity contribution in [3.63, 3.8) is 0 Å². The second kappa shape index (κ2) is 6.92. The molecular formula is C18H19ClFN5O. The molecule has 3 rings (SSSR count). The van der Waals surface area contributed by atoms with Gasteiger partial charge in [0.25, 0.3) is 5.91 Å². The average Bonchev–Trinajstić information content (AvgIpc) is 3.03. The highest BCUT2D eigenvalue weighted by Crippen LogP contribution is 2.24. The number of halogens is 2. The average molecular weight is 376 g/mol. The summed E-state index contributed by atoms with van der Waals surface area (Å²) in [5, 5.41) is 11.9. The number of carbonyl (C=O) groups is 1. The minimum Gasteiger partial charge on any atom is -0.319 e. The number of anilines is 1. The number of nitrogens with one attached hydrogen (secondary N) is 1. The fourth-order valence-electron chi connectivity index (χ4n) is 2.85. The summed E-state index contributed by atoms with van der Waals surface area (Å²) < 4.78 is 16.5. The maximum absolute atomic E-state index is 13.2. The molecule has 136 valence electrons. The highest BCUT2D eigenvalue weighted by molar-refractivity contribution is 6.31. The molecule has 0 unspecified atom stereocenters. The van der Waals surface area contributed by atoms with Gasteiger partial charge in [-0.1, -0.05) is 17.7 Å². The van der Waals surface area contributed by atoms with Crippen molar-refractivity contribution < 1.29 is 9.18 Å². The van der Waals surface area contributed by atoms with E-state index in [0.29, 0.717) is 34.2 Å². The van der Waals surface area contributed by atoms with Crippen LogP contribution in [0, 0.1) is 26.6 Å². The molecule has 3 aromatic rings. The van der Waals surface area contributed by atoms with E-state index in [1.807, 2.05) is 13.8 Å². The topological polar surface area (TPSA) is 64.7 Å². The number of benzene rings is 1. The van der Waals surface area contributed by atoms with Gasteiger partial charge < -0.3 is 5.32 Å². The lowest BCUT2D eigenvalue weighted by Crippen LogP contribution is -2.14. The zero-order valence-electron chi connectivity index (χ0n) is 15.0. The Bertz CT molecular complexity index is 992. The van der Waals surface area contributed by atoms with Gasteiger partial charge in [0.15, 0.2) is 0 Å². The van der Waals surface area contributed by atoms with Gasteiger partial charge in [0.05, 0.1) is 34.9 Å². The molecule has 6 nitrogen and oxygen atoms in total. The van der Waals surface area contributed by atoms with Gasteiger partial charge >= 0.3 is 0 Å². The van der Waals surface area contributed by atoms with E-state index in [1.165, 1.54) is 12.1 Å². The van der Waals surface area contributed by atoms with Crippen LogP contribution in [0.4, 0.5) is 10.1 Å². The van der Waals surface area contributed by atoms with Crippen molar-refractivity contribution in [3.05, 3.63) is 63.4 Å². The van der Waals surface area contributed by atoms with E-state index >= 15 is 0 Å². The third kappa shape index (κ3) is 3.48. The van der Waals surface area contributed by atoms with Gasteiger partial charge in [-0.2, -0.15) is 10.2 Å². The number of carbonyl (C=O) groups excluding carboxylic acids is 1. The van der Waals surface area contributed by atoms with Crippen LogP contribution in [-0.2, 0) is 13.6 Å². The molecule has 2 heterocycles. The van der Waals surface area contributed by atoms with Gasteiger partial charge in [-0.05, 0) is 38.5 Å². The van der Waals surface area contributed by atoms with Gasteiger partial charge in [-0.3, -0.25) is 14.2 Å². The smallest absolute Gasteiger partial charge is 0.259 e. The fraction of sp³-hybridized carbons (Fsp3) is 0.278. The lowest BCUT2D eigenvalue weighted by molar-refractivity contribution is 0.102. The number of hydrogen-bond donors (Lipinski definition) is 1. The van der Waals surface area contributed by atoms with Crippen LogP contribution >= 0.6 is 11.6 Å². The molecule has 26 heavy (non-hydrogen) atoms. The molecule has 1 amide bonds. The Morgan fingerprint density at radius 2 is 1.96 bits per heavy atom. The Balaban J connectivity index is 1.86. The van der Waals surface area contributed by atoms with E-state index in [4.69, 9.17) is 11.6 Å². The van der Waals surface area contributed by atoms with Crippen LogP contribution < -0.4 is 5.32 Å². The Hall–Kier alpha value is -2.67. The number of aromatic nitrogens is 4. The predicted molar refractivity (Wildman–Crippen MR) is 98.1 cm³/mol. The molecule has 0 bridgehead atoms. The van der Waals surface area contributed by atoms with Gasteiger partial charge in [-0.15, -0.1) is 0 Å². The monoisotopic (exact) mass is 375 g/mol. The standard InChI is InChI=1S/C18H19ClFN5O/c1-10-15(9-24(4)22-10)18(26)21-17-11(2)23-25(12(17)3)8-13-5-6-14(20)7-16(13)19/h5-7,9H,8H2,1-4H3,(H,21,26). The lowest BCUT2D eigenvalue weighted by atomic mass is 10.2. The van der Waals surface area contributed by atoms with E-state index in [2.05, 4.69) is 15.5 Å². The van der Waals surface area contributed by atoms with Crippen LogP contribution in [-0.4, -0.2) is 25.5 Å². The summed E-state index contributed by atoms with van der Waals surface area (Å²) in [4.78, 5) is 12.5. The van der Waals surface area contributed by atoms with E-state index in [-0.39, 0.29) is 11.7 Å². The summed E-state index contributed by atoms with van der Waals surface area (Å²) in [5.74, 6) is -0.618. The quantitative estimate of drug-likeness (QED) is 0.757. The first-order chi connectivity index (χ1) is 12.3. The second-order valence-electron chi connectivity index (χ2n) is 6.20. The minimum absolute atomic E-state index is 0.235. The molecule has 0 saturated carbocycles. The minimum atomic E-state index is -0.382. The van der Waals surface area contributed by atoms with Crippen molar-refractivity contribution in [1.29, 1.82) is 0 Å². The second-order valence-corrected chi connectivity index (χ2v) is 6.60. The Labute approximate surface area is 155 Å². The van der Waals surface area contributed by atoms with Crippen molar-refractivity contribution >= 4 is 23.2 Å². The van der Waals surface area contributed by atoms with Crippen molar-refractivity contribution in [2.75, 3.05) is 5.32 Å². The van der Waals surface area contributed by atoms with E-state index < -0.39 is 0 Å². The van der Waals surface area contributed by atoms with Gasteiger partial charge in [0.1, 0.15) is 5.82 Å². The summed E-state index contributed by atoms with van der Waals surface area (Å²) >= 11 is 6.10. The van der Waals surface area contributed by atoms with E-state index in [1.54, 1.807) is 35.6 Å². The molecule has 0 aliphatic heterocycles. The molecular weight excluding hydrogens is 357 g/mol. The first kappa shape index (κ1) is 18.1. The number of hydrogen-bond acceptors (Lipinski definition) is 3. The van der Waals surface area contributed by atoms with E-state index in [0.717, 1.165) is 11.3 Å². The summed E-state index contributed by atoms with van der Waals surface area (Å²) in [6, 6.07) is 4.27. The Morgan fingerprint density at radius 1 is 1.23 bits per heavy atom. The number of aryl methyl sites for hydroxylation is 3. The van der Waals surface area contributed by atoms with Crippen molar-refractivity contribution in [3.8, 4) is 0 Å². The van der Waals surface area contributed by atoms with Crippen molar-refractivity contribution in [2.45, 2.75) is 27.3 Å². The highest BCUT2D eigenvalue weighted by atomic mass is 35.5. The molecule has 1 aromatic carbocycles. The van der Waals surface area contributed by atoms with Gasteiger partial charge in [0.2, 0.25) is 0 Å². The molecule has 1 N–H and O–H groups in total. The van der Waals surface area contributed by atoms with Crippen LogP contribution in [0.5, 0.6) is 0 Å². The molecule has 0 aliphatic carbocycles. The molecule has 0 fully saturated rings. The number of amides is 1. The first-order valence-electron chi connectivity index (χ1n) is 8.05. The molecule has 2 aromatic heterocycles.